The largest absolute Gasteiger partial charge is 0.372 e. The van der Waals surface area contributed by atoms with E-state index in [-0.39, 0.29) is 11.6 Å². The first kappa shape index (κ1) is 14.5. The highest BCUT2D eigenvalue weighted by Crippen LogP contribution is 2.42. The number of benzene rings is 1. The number of nitrogens with zero attached hydrogens (tertiary/aromatic N) is 3. The molecule has 0 radical (unpaired) electrons. The van der Waals surface area contributed by atoms with Crippen LogP contribution < -0.4 is 10.6 Å². The van der Waals surface area contributed by atoms with Crippen LogP contribution in [-0.2, 0) is 0 Å². The third-order valence-corrected chi connectivity index (χ3v) is 3.78. The summed E-state index contributed by atoms with van der Waals surface area (Å²) in [5.74, 6) is 0.525. The molecule has 5 nitrogen and oxygen atoms in total. The van der Waals surface area contributed by atoms with Gasteiger partial charge in [-0.05, 0) is 36.5 Å². The monoisotopic (exact) mass is 317 g/mol. The maximum atomic E-state index is 14.2. The van der Waals surface area contributed by atoms with E-state index in [0.29, 0.717) is 22.3 Å². The van der Waals surface area contributed by atoms with Crippen molar-refractivity contribution in [2.45, 2.75) is 18.8 Å². The van der Waals surface area contributed by atoms with Crippen molar-refractivity contribution < 1.29 is 4.39 Å². The van der Waals surface area contributed by atoms with Crippen molar-refractivity contribution in [2.75, 3.05) is 17.7 Å². The number of hydrogen-bond acceptors (Lipinski definition) is 5. The van der Waals surface area contributed by atoms with Crippen LogP contribution in [0.25, 0.3) is 0 Å². The number of aromatic nitrogens is 2. The fourth-order valence-electron chi connectivity index (χ4n) is 2.24. The van der Waals surface area contributed by atoms with E-state index in [1.807, 2.05) is 0 Å². The summed E-state index contributed by atoms with van der Waals surface area (Å²) in [5.41, 5.74) is 1.43. The fourth-order valence-corrected chi connectivity index (χ4v) is 2.42. The molecule has 3 rings (SSSR count). The smallest absolute Gasteiger partial charge is 0.229 e. The van der Waals surface area contributed by atoms with Crippen molar-refractivity contribution in [1.82, 2.24) is 9.97 Å². The number of halogens is 2. The van der Waals surface area contributed by atoms with Crippen molar-refractivity contribution in [2.24, 2.45) is 0 Å². The summed E-state index contributed by atoms with van der Waals surface area (Å²) in [5, 5.41) is 15.2. The average molecular weight is 318 g/mol. The van der Waals surface area contributed by atoms with Crippen LogP contribution in [0.3, 0.4) is 0 Å². The Labute approximate surface area is 132 Å². The molecule has 2 N–H and O–H groups in total. The minimum absolute atomic E-state index is 0.172. The van der Waals surface area contributed by atoms with E-state index in [1.54, 1.807) is 7.05 Å². The molecule has 1 aromatic carbocycles. The topological polar surface area (TPSA) is 73.6 Å². The first-order valence-electron chi connectivity index (χ1n) is 6.83. The maximum absolute atomic E-state index is 14.2. The molecule has 0 saturated heterocycles. The molecule has 112 valence electrons. The van der Waals surface area contributed by atoms with Crippen LogP contribution >= 0.6 is 11.6 Å². The molecule has 0 spiro atoms. The minimum Gasteiger partial charge on any atom is -0.372 e. The van der Waals surface area contributed by atoms with Crippen molar-refractivity contribution in [1.29, 1.82) is 5.26 Å². The van der Waals surface area contributed by atoms with E-state index >= 15 is 0 Å². The van der Waals surface area contributed by atoms with Crippen molar-refractivity contribution >= 4 is 29.1 Å². The quantitative estimate of drug-likeness (QED) is 0.897. The van der Waals surface area contributed by atoms with Gasteiger partial charge in [-0.2, -0.15) is 10.2 Å². The second kappa shape index (κ2) is 5.78. The van der Waals surface area contributed by atoms with E-state index < -0.39 is 5.82 Å². The third kappa shape index (κ3) is 2.81. The Hall–Kier alpha value is -2.39. The zero-order valence-electron chi connectivity index (χ0n) is 11.8. The van der Waals surface area contributed by atoms with Crippen LogP contribution in [0.5, 0.6) is 0 Å². The molecule has 0 amide bonds. The molecular weight excluding hydrogens is 305 g/mol. The first-order valence-corrected chi connectivity index (χ1v) is 7.21. The van der Waals surface area contributed by atoms with E-state index in [0.717, 1.165) is 18.4 Å². The number of anilines is 3. The molecule has 0 aliphatic heterocycles. The van der Waals surface area contributed by atoms with Crippen LogP contribution in [-0.4, -0.2) is 17.0 Å². The van der Waals surface area contributed by atoms with Crippen LogP contribution in [0.15, 0.2) is 18.3 Å². The van der Waals surface area contributed by atoms with Gasteiger partial charge in [0.15, 0.2) is 0 Å². The summed E-state index contributed by atoms with van der Waals surface area (Å²) in [7, 11) is 1.68. The lowest BCUT2D eigenvalue weighted by Crippen LogP contribution is -2.03. The van der Waals surface area contributed by atoms with Gasteiger partial charge in [-0.25, -0.2) is 9.37 Å². The molecule has 1 fully saturated rings. The lowest BCUT2D eigenvalue weighted by molar-refractivity contribution is 0.629. The molecule has 1 saturated carbocycles. The van der Waals surface area contributed by atoms with Gasteiger partial charge in [0.05, 0.1) is 23.5 Å². The van der Waals surface area contributed by atoms with E-state index in [1.165, 1.54) is 18.3 Å². The number of hydrogen-bond donors (Lipinski definition) is 2. The minimum atomic E-state index is -0.426. The molecule has 1 aliphatic rings. The Morgan fingerprint density at radius 2 is 2.18 bits per heavy atom. The highest BCUT2D eigenvalue weighted by Gasteiger charge is 2.27. The fraction of sp³-hybridized carbons (Fsp3) is 0.267. The van der Waals surface area contributed by atoms with Crippen molar-refractivity contribution in [3.05, 3.63) is 40.3 Å². The summed E-state index contributed by atoms with van der Waals surface area (Å²) in [4.78, 5) is 8.14. The molecule has 1 aliphatic carbocycles. The predicted molar refractivity (Wildman–Crippen MR) is 83.0 cm³/mol. The summed E-state index contributed by atoms with van der Waals surface area (Å²) in [6.07, 6.45) is 3.43. The number of nitriles is 1. The van der Waals surface area contributed by atoms with Crippen LogP contribution in [0.1, 0.15) is 29.9 Å². The van der Waals surface area contributed by atoms with E-state index in [4.69, 9.17) is 11.6 Å². The van der Waals surface area contributed by atoms with Crippen LogP contribution in [0.2, 0.25) is 5.02 Å². The SMILES string of the molecule is CNc1nc(Nc2cc(C#N)c(C3CC3)cc2F)ncc1Cl. The highest BCUT2D eigenvalue weighted by atomic mass is 35.5. The number of rotatable bonds is 4. The lowest BCUT2D eigenvalue weighted by Gasteiger charge is -2.11. The maximum Gasteiger partial charge on any atom is 0.229 e. The molecule has 2 aromatic rings. The molecule has 7 heteroatoms. The molecule has 0 unspecified atom stereocenters. The zero-order chi connectivity index (χ0) is 15.7. The third-order valence-electron chi connectivity index (χ3n) is 3.50. The zero-order valence-corrected chi connectivity index (χ0v) is 12.6. The van der Waals surface area contributed by atoms with E-state index in [2.05, 4.69) is 26.7 Å². The van der Waals surface area contributed by atoms with Gasteiger partial charge in [0.2, 0.25) is 5.95 Å². The number of nitrogens with one attached hydrogen (secondary N) is 2. The van der Waals surface area contributed by atoms with Crippen molar-refractivity contribution in [3.8, 4) is 6.07 Å². The Balaban J connectivity index is 1.94. The molecule has 1 heterocycles. The Kier molecular flexibility index (Phi) is 3.82. The van der Waals surface area contributed by atoms with Crippen LogP contribution in [0, 0.1) is 17.1 Å². The lowest BCUT2D eigenvalue weighted by atomic mass is 10.0. The molecule has 22 heavy (non-hydrogen) atoms. The summed E-state index contributed by atoms with van der Waals surface area (Å²) in [6.45, 7) is 0. The first-order chi connectivity index (χ1) is 10.6. The van der Waals surface area contributed by atoms with Gasteiger partial charge >= 0.3 is 0 Å². The predicted octanol–water partition coefficient (Wildman–Crippen LogP) is 3.80. The van der Waals surface area contributed by atoms with Crippen molar-refractivity contribution in [3.63, 3.8) is 0 Å². The molecular formula is C15H13ClFN5. The second-order valence-corrected chi connectivity index (χ2v) is 5.48. The average Bonchev–Trinajstić information content (AvgIpc) is 3.35. The van der Waals surface area contributed by atoms with Gasteiger partial charge in [-0.1, -0.05) is 11.6 Å². The van der Waals surface area contributed by atoms with Gasteiger partial charge < -0.3 is 10.6 Å². The summed E-state index contributed by atoms with van der Waals surface area (Å²) < 4.78 is 14.2. The van der Waals surface area contributed by atoms with Gasteiger partial charge in [0.25, 0.3) is 0 Å². The molecule has 1 aromatic heterocycles. The molecule has 0 atom stereocenters. The second-order valence-electron chi connectivity index (χ2n) is 5.07. The standard InChI is InChI=1S/C15H13ClFN5/c1-19-14-11(16)7-20-15(22-14)21-13-4-9(6-18)10(5-12(13)17)8-2-3-8/h4-5,7-8H,2-3H2,1H3,(H2,19,20,21,22). The Morgan fingerprint density at radius 1 is 1.41 bits per heavy atom. The summed E-state index contributed by atoms with van der Waals surface area (Å²) >= 11 is 5.91. The van der Waals surface area contributed by atoms with Gasteiger partial charge in [0.1, 0.15) is 16.7 Å². The molecule has 0 bridgehead atoms. The summed E-state index contributed by atoms with van der Waals surface area (Å²) in [6, 6.07) is 5.05. The normalized spacial score (nSPS) is 13.5. The van der Waals surface area contributed by atoms with E-state index in [9.17, 15) is 9.65 Å². The highest BCUT2D eigenvalue weighted by molar-refractivity contribution is 6.32. The Bertz CT molecular complexity index is 767. The van der Waals surface area contributed by atoms with Crippen LogP contribution in [0.4, 0.5) is 21.8 Å². The van der Waals surface area contributed by atoms with Gasteiger partial charge in [0, 0.05) is 7.05 Å². The Morgan fingerprint density at radius 3 is 2.82 bits per heavy atom. The van der Waals surface area contributed by atoms with Gasteiger partial charge in [-0.3, -0.25) is 0 Å². The van der Waals surface area contributed by atoms with Gasteiger partial charge in [-0.15, -0.1) is 0 Å².